The second-order valence-electron chi connectivity index (χ2n) is 1.17. The average molecular weight is 207 g/mol. The van der Waals surface area contributed by atoms with Crippen LogP contribution in [0.15, 0.2) is 0 Å². The molecular weight excluding hydrogens is 198 g/mol. The minimum Gasteiger partial charge on any atom is -0.303 e. The molecule has 0 bridgehead atoms. The van der Waals surface area contributed by atoms with Crippen LogP contribution in [0.1, 0.15) is 6.92 Å². The third-order valence-corrected chi connectivity index (χ3v) is 0.719. The standard InChI is InChI=1S/C2H5O3P.H3O4P/c1-2-5-6(3)4;1-5(2,3)4/h2H2,1H3;(H3,1,2,3,4)/p+1. The van der Waals surface area contributed by atoms with Crippen molar-refractivity contribution in [3.05, 3.63) is 0 Å². The Morgan fingerprint density at radius 3 is 1.73 bits per heavy atom. The first-order valence-corrected chi connectivity index (χ1v) is 5.04. The maximum atomic E-state index is 9.53. The van der Waals surface area contributed by atoms with Crippen molar-refractivity contribution in [2.45, 2.75) is 6.92 Å². The fraction of sp³-hybridized carbons (Fsp3) is 1.00. The van der Waals surface area contributed by atoms with E-state index in [1.807, 2.05) is 0 Å². The van der Waals surface area contributed by atoms with Crippen molar-refractivity contribution in [3.63, 3.8) is 0 Å². The first-order chi connectivity index (χ1) is 4.77. The van der Waals surface area contributed by atoms with E-state index in [2.05, 4.69) is 4.52 Å². The summed E-state index contributed by atoms with van der Waals surface area (Å²) >= 11 is 0. The van der Waals surface area contributed by atoms with Gasteiger partial charge in [-0.15, -0.1) is 9.42 Å². The molecule has 0 rings (SSSR count). The maximum absolute atomic E-state index is 9.53. The van der Waals surface area contributed by atoms with E-state index < -0.39 is 16.1 Å². The summed E-state index contributed by atoms with van der Waals surface area (Å²) in [6.45, 7) is 1.95. The lowest BCUT2D eigenvalue weighted by Gasteiger charge is -1.82. The summed E-state index contributed by atoms with van der Waals surface area (Å²) in [5.41, 5.74) is 0. The Labute approximate surface area is 63.8 Å². The SMILES string of the molecule is CCO[P+](=O)O.O=P(O)(O)O. The van der Waals surface area contributed by atoms with Crippen LogP contribution in [0.25, 0.3) is 0 Å². The summed E-state index contributed by atoms with van der Waals surface area (Å²) in [6.07, 6.45) is 0. The highest BCUT2D eigenvalue weighted by Crippen LogP contribution is 2.25. The van der Waals surface area contributed by atoms with Gasteiger partial charge in [0.05, 0.1) is 0 Å². The van der Waals surface area contributed by atoms with E-state index >= 15 is 0 Å². The Hall–Kier alpha value is 0.130. The maximum Gasteiger partial charge on any atom is 0.694 e. The summed E-state index contributed by atoms with van der Waals surface area (Å²) in [5.74, 6) is 0. The Bertz CT molecular complexity index is 140. The van der Waals surface area contributed by atoms with Crippen LogP contribution in [-0.4, -0.2) is 26.2 Å². The molecule has 4 N–H and O–H groups in total. The summed E-state index contributed by atoms with van der Waals surface area (Å²) < 4.78 is 22.5. The van der Waals surface area contributed by atoms with Gasteiger partial charge in [-0.3, -0.25) is 0 Å². The minimum atomic E-state index is -4.64. The zero-order chi connectivity index (χ0) is 9.49. The van der Waals surface area contributed by atoms with Gasteiger partial charge in [0.2, 0.25) is 0 Å². The van der Waals surface area contributed by atoms with Gasteiger partial charge in [0.15, 0.2) is 0 Å². The fourth-order valence-electron chi connectivity index (χ4n) is 0.110. The number of phosphoric acid groups is 1. The van der Waals surface area contributed by atoms with Crippen LogP contribution < -0.4 is 0 Å². The molecule has 0 amide bonds. The van der Waals surface area contributed by atoms with E-state index in [-0.39, 0.29) is 0 Å². The zero-order valence-corrected chi connectivity index (χ0v) is 7.40. The molecule has 0 aromatic heterocycles. The molecule has 1 unspecified atom stereocenters. The van der Waals surface area contributed by atoms with Gasteiger partial charge in [0, 0.05) is 4.57 Å². The van der Waals surface area contributed by atoms with E-state index in [0.29, 0.717) is 6.61 Å². The molecule has 0 saturated heterocycles. The molecule has 0 saturated carbocycles. The van der Waals surface area contributed by atoms with E-state index in [9.17, 15) is 4.57 Å². The fourth-order valence-corrected chi connectivity index (χ4v) is 0.331. The van der Waals surface area contributed by atoms with E-state index in [4.69, 9.17) is 24.1 Å². The Morgan fingerprint density at radius 2 is 1.73 bits per heavy atom. The highest BCUT2D eigenvalue weighted by atomic mass is 31.2. The van der Waals surface area contributed by atoms with Crippen LogP contribution in [-0.2, 0) is 13.7 Å². The first-order valence-electron chi connectivity index (χ1n) is 2.34. The zero-order valence-electron chi connectivity index (χ0n) is 5.62. The van der Waals surface area contributed by atoms with Crippen LogP contribution in [0, 0.1) is 0 Å². The van der Waals surface area contributed by atoms with E-state index in [1.165, 1.54) is 0 Å². The summed E-state index contributed by atoms with van der Waals surface area (Å²) in [4.78, 5) is 29.4. The number of hydrogen-bond donors (Lipinski definition) is 4. The van der Waals surface area contributed by atoms with Crippen molar-refractivity contribution in [1.29, 1.82) is 0 Å². The molecule has 0 aliphatic heterocycles. The molecular formula is C2H9O7P2+. The molecule has 68 valence electrons. The van der Waals surface area contributed by atoms with Gasteiger partial charge < -0.3 is 14.7 Å². The van der Waals surface area contributed by atoms with E-state index in [0.717, 1.165) is 0 Å². The van der Waals surface area contributed by atoms with Gasteiger partial charge >= 0.3 is 16.1 Å². The minimum absolute atomic E-state index is 0.297. The third kappa shape index (κ3) is 68.3. The predicted molar refractivity (Wildman–Crippen MR) is 35.7 cm³/mol. The van der Waals surface area contributed by atoms with Crippen molar-refractivity contribution in [1.82, 2.24) is 0 Å². The van der Waals surface area contributed by atoms with Crippen molar-refractivity contribution in [2.24, 2.45) is 0 Å². The van der Waals surface area contributed by atoms with Gasteiger partial charge in [-0.25, -0.2) is 4.57 Å². The van der Waals surface area contributed by atoms with Crippen LogP contribution in [0.5, 0.6) is 0 Å². The molecule has 0 spiro atoms. The molecule has 0 aromatic rings. The molecule has 0 fully saturated rings. The largest absolute Gasteiger partial charge is 0.694 e. The lowest BCUT2D eigenvalue weighted by molar-refractivity contribution is 0.275. The van der Waals surface area contributed by atoms with Gasteiger partial charge in [-0.05, 0) is 6.92 Å². The summed E-state index contributed by atoms with van der Waals surface area (Å²) in [5, 5.41) is 0. The molecule has 0 heterocycles. The lowest BCUT2D eigenvalue weighted by atomic mass is 10.9. The third-order valence-electron chi connectivity index (χ3n) is 0.240. The van der Waals surface area contributed by atoms with Crippen LogP contribution in [0.3, 0.4) is 0 Å². The molecule has 0 radical (unpaired) electrons. The average Bonchev–Trinajstić information content (AvgIpc) is 1.58. The second-order valence-corrected chi connectivity index (χ2v) is 2.93. The first kappa shape index (κ1) is 13.7. The van der Waals surface area contributed by atoms with Crippen molar-refractivity contribution >= 4 is 16.1 Å². The Morgan fingerprint density at radius 1 is 1.45 bits per heavy atom. The smallest absolute Gasteiger partial charge is 0.303 e. The molecule has 1 atom stereocenters. The predicted octanol–water partition coefficient (Wildman–Crippen LogP) is -0.256. The molecule has 7 nitrogen and oxygen atoms in total. The number of hydrogen-bond acceptors (Lipinski definition) is 3. The molecule has 0 aromatic carbocycles. The highest BCUT2D eigenvalue weighted by molar-refractivity contribution is 7.45. The van der Waals surface area contributed by atoms with Crippen LogP contribution in [0.2, 0.25) is 0 Å². The van der Waals surface area contributed by atoms with Gasteiger partial charge in [0.25, 0.3) is 0 Å². The Kier molecular flexibility index (Phi) is 8.49. The summed E-state index contributed by atoms with van der Waals surface area (Å²) in [6, 6.07) is 0. The lowest BCUT2D eigenvalue weighted by Crippen LogP contribution is -1.72. The molecule has 0 aliphatic carbocycles. The van der Waals surface area contributed by atoms with Gasteiger partial charge in [-0.1, -0.05) is 0 Å². The molecule has 0 aliphatic rings. The monoisotopic (exact) mass is 207 g/mol. The van der Waals surface area contributed by atoms with Crippen molar-refractivity contribution < 1.29 is 33.2 Å². The normalized spacial score (nSPS) is 11.5. The van der Waals surface area contributed by atoms with Crippen molar-refractivity contribution in [2.75, 3.05) is 6.61 Å². The van der Waals surface area contributed by atoms with Gasteiger partial charge in [-0.2, -0.15) is 0 Å². The second kappa shape index (κ2) is 6.82. The molecule has 9 heteroatoms. The van der Waals surface area contributed by atoms with Crippen LogP contribution >= 0.6 is 16.1 Å². The van der Waals surface area contributed by atoms with Crippen molar-refractivity contribution in [3.8, 4) is 0 Å². The summed E-state index contributed by atoms with van der Waals surface area (Å²) in [7, 11) is -6.99. The highest BCUT2D eigenvalue weighted by Gasteiger charge is 2.06. The van der Waals surface area contributed by atoms with Crippen LogP contribution in [0.4, 0.5) is 0 Å². The van der Waals surface area contributed by atoms with E-state index in [1.54, 1.807) is 6.92 Å². The molecule has 11 heavy (non-hydrogen) atoms. The quantitative estimate of drug-likeness (QED) is 0.460. The topological polar surface area (TPSA) is 124 Å². The van der Waals surface area contributed by atoms with Gasteiger partial charge in [0.1, 0.15) is 6.61 Å². The number of rotatable bonds is 2. The Balaban J connectivity index is 0.